The van der Waals surface area contributed by atoms with Gasteiger partial charge in [0.25, 0.3) is 0 Å². The standard InChI is InChI=1S/C21H24ClN3O3S/c22-18-9-11-19(12-10-18)29(27,28)25-16-15-24(20(25)17-7-3-1-4-8-17)21(26)23-13-5-2-6-14-23/h1,3-4,7-12,20H,2,5-6,13-16H2. The van der Waals surface area contributed by atoms with Crippen LogP contribution < -0.4 is 0 Å². The van der Waals surface area contributed by atoms with Crippen LogP contribution in [0.15, 0.2) is 59.5 Å². The van der Waals surface area contributed by atoms with Crippen LogP contribution >= 0.6 is 11.6 Å². The second kappa shape index (κ2) is 8.34. The number of nitrogens with zero attached hydrogens (tertiary/aromatic N) is 3. The predicted octanol–water partition coefficient (Wildman–Crippen LogP) is 3.95. The van der Waals surface area contributed by atoms with E-state index in [1.54, 1.807) is 17.0 Å². The van der Waals surface area contributed by atoms with E-state index in [-0.39, 0.29) is 17.5 Å². The van der Waals surface area contributed by atoms with Crippen molar-refractivity contribution in [1.29, 1.82) is 0 Å². The van der Waals surface area contributed by atoms with Gasteiger partial charge in [-0.05, 0) is 49.1 Å². The van der Waals surface area contributed by atoms with Gasteiger partial charge in [-0.3, -0.25) is 0 Å². The van der Waals surface area contributed by atoms with Crippen LogP contribution in [0.2, 0.25) is 5.02 Å². The summed E-state index contributed by atoms with van der Waals surface area (Å²) in [6.45, 7) is 2.06. The minimum Gasteiger partial charge on any atom is -0.325 e. The van der Waals surface area contributed by atoms with Crippen molar-refractivity contribution < 1.29 is 13.2 Å². The fraction of sp³-hybridized carbons (Fsp3) is 0.381. The topological polar surface area (TPSA) is 60.9 Å². The number of likely N-dealkylation sites (tertiary alicyclic amines) is 1. The maximum absolute atomic E-state index is 13.4. The van der Waals surface area contributed by atoms with E-state index in [4.69, 9.17) is 11.6 Å². The number of urea groups is 1. The van der Waals surface area contributed by atoms with Gasteiger partial charge < -0.3 is 9.80 Å². The minimum absolute atomic E-state index is 0.0904. The van der Waals surface area contributed by atoms with E-state index in [9.17, 15) is 13.2 Å². The number of carbonyl (C=O) groups excluding carboxylic acids is 1. The number of piperidine rings is 1. The van der Waals surface area contributed by atoms with Gasteiger partial charge in [-0.15, -0.1) is 0 Å². The van der Waals surface area contributed by atoms with Crippen molar-refractivity contribution in [3.05, 3.63) is 65.2 Å². The molecule has 2 aromatic rings. The molecule has 2 aliphatic heterocycles. The quantitative estimate of drug-likeness (QED) is 0.736. The van der Waals surface area contributed by atoms with Gasteiger partial charge in [0.15, 0.2) is 0 Å². The van der Waals surface area contributed by atoms with Crippen LogP contribution in [-0.4, -0.2) is 54.7 Å². The maximum atomic E-state index is 13.4. The molecule has 8 heteroatoms. The van der Waals surface area contributed by atoms with Crippen molar-refractivity contribution in [2.75, 3.05) is 26.2 Å². The molecule has 0 aromatic heterocycles. The molecule has 0 radical (unpaired) electrons. The zero-order valence-electron chi connectivity index (χ0n) is 16.1. The lowest BCUT2D eigenvalue weighted by atomic mass is 10.1. The molecule has 6 nitrogen and oxygen atoms in total. The van der Waals surface area contributed by atoms with Crippen molar-refractivity contribution in [1.82, 2.24) is 14.1 Å². The largest absolute Gasteiger partial charge is 0.325 e. The van der Waals surface area contributed by atoms with E-state index >= 15 is 0 Å². The van der Waals surface area contributed by atoms with Gasteiger partial charge in [0.1, 0.15) is 6.17 Å². The third-order valence-electron chi connectivity index (χ3n) is 5.52. The minimum atomic E-state index is -3.79. The van der Waals surface area contributed by atoms with Crippen LogP contribution in [0.5, 0.6) is 0 Å². The van der Waals surface area contributed by atoms with Crippen LogP contribution in [0.1, 0.15) is 31.0 Å². The molecule has 0 bridgehead atoms. The Morgan fingerprint density at radius 1 is 0.862 bits per heavy atom. The van der Waals surface area contributed by atoms with E-state index in [1.807, 2.05) is 35.2 Å². The highest BCUT2D eigenvalue weighted by Crippen LogP contribution is 2.36. The lowest BCUT2D eigenvalue weighted by Crippen LogP contribution is -2.46. The number of carbonyl (C=O) groups is 1. The van der Waals surface area contributed by atoms with Gasteiger partial charge in [-0.1, -0.05) is 41.9 Å². The van der Waals surface area contributed by atoms with Crippen LogP contribution in [0.4, 0.5) is 4.79 Å². The Morgan fingerprint density at radius 3 is 2.17 bits per heavy atom. The lowest BCUT2D eigenvalue weighted by Gasteiger charge is -2.35. The first-order valence-electron chi connectivity index (χ1n) is 9.86. The summed E-state index contributed by atoms with van der Waals surface area (Å²) in [6.07, 6.45) is 2.44. The van der Waals surface area contributed by atoms with Gasteiger partial charge in [0.05, 0.1) is 4.90 Å². The first kappa shape index (κ1) is 20.2. The fourth-order valence-electron chi connectivity index (χ4n) is 4.04. The van der Waals surface area contributed by atoms with Crippen molar-refractivity contribution >= 4 is 27.7 Å². The first-order valence-corrected chi connectivity index (χ1v) is 11.7. The van der Waals surface area contributed by atoms with Crippen LogP contribution in [-0.2, 0) is 10.0 Å². The molecule has 0 aliphatic carbocycles. The van der Waals surface area contributed by atoms with E-state index in [1.165, 1.54) is 16.4 Å². The number of rotatable bonds is 3. The van der Waals surface area contributed by atoms with E-state index in [0.29, 0.717) is 11.6 Å². The Kier molecular flexibility index (Phi) is 5.81. The van der Waals surface area contributed by atoms with Crippen LogP contribution in [0, 0.1) is 0 Å². The van der Waals surface area contributed by atoms with Crippen molar-refractivity contribution in [2.24, 2.45) is 0 Å². The lowest BCUT2D eigenvalue weighted by molar-refractivity contribution is 0.127. The molecule has 0 spiro atoms. The molecule has 154 valence electrons. The first-order chi connectivity index (χ1) is 14.0. The number of amides is 2. The second-order valence-electron chi connectivity index (χ2n) is 7.38. The summed E-state index contributed by atoms with van der Waals surface area (Å²) in [7, 11) is -3.79. The number of benzene rings is 2. The predicted molar refractivity (Wildman–Crippen MR) is 112 cm³/mol. The van der Waals surface area contributed by atoms with Crippen molar-refractivity contribution in [3.8, 4) is 0 Å². The Balaban J connectivity index is 1.70. The van der Waals surface area contributed by atoms with E-state index in [0.717, 1.165) is 37.9 Å². The zero-order valence-corrected chi connectivity index (χ0v) is 17.6. The van der Waals surface area contributed by atoms with E-state index < -0.39 is 16.2 Å². The molecule has 2 fully saturated rings. The molecule has 1 unspecified atom stereocenters. The summed E-state index contributed by atoms with van der Waals surface area (Å²) >= 11 is 5.93. The van der Waals surface area contributed by atoms with Crippen LogP contribution in [0.25, 0.3) is 0 Å². The molecule has 2 saturated heterocycles. The average Bonchev–Trinajstić information content (AvgIpc) is 3.21. The second-order valence-corrected chi connectivity index (χ2v) is 9.70. The van der Waals surface area contributed by atoms with Gasteiger partial charge >= 0.3 is 6.03 Å². The summed E-state index contributed by atoms with van der Waals surface area (Å²) in [5.74, 6) is 0. The summed E-state index contributed by atoms with van der Waals surface area (Å²) in [5.41, 5.74) is 0.785. The van der Waals surface area contributed by atoms with Gasteiger partial charge in [0, 0.05) is 31.2 Å². The number of sulfonamides is 1. The molecule has 29 heavy (non-hydrogen) atoms. The number of hydrogen-bond donors (Lipinski definition) is 0. The molecule has 1 atom stereocenters. The highest BCUT2D eigenvalue weighted by atomic mass is 35.5. The highest BCUT2D eigenvalue weighted by molar-refractivity contribution is 7.89. The molecule has 4 rings (SSSR count). The summed E-state index contributed by atoms with van der Waals surface area (Å²) in [6, 6.07) is 15.4. The Bertz CT molecular complexity index is 960. The fourth-order valence-corrected chi connectivity index (χ4v) is 5.74. The van der Waals surface area contributed by atoms with Crippen LogP contribution in [0.3, 0.4) is 0 Å². The molecular formula is C21H24ClN3O3S. The third-order valence-corrected chi connectivity index (χ3v) is 7.64. The van der Waals surface area contributed by atoms with E-state index in [2.05, 4.69) is 0 Å². The van der Waals surface area contributed by atoms with Crippen molar-refractivity contribution in [3.63, 3.8) is 0 Å². The van der Waals surface area contributed by atoms with Crippen molar-refractivity contribution in [2.45, 2.75) is 30.3 Å². The molecule has 2 heterocycles. The molecule has 0 N–H and O–H groups in total. The molecule has 2 aliphatic rings. The smallest absolute Gasteiger partial charge is 0.321 e. The Hall–Kier alpha value is -2.09. The Labute approximate surface area is 176 Å². The highest BCUT2D eigenvalue weighted by Gasteiger charge is 2.44. The Morgan fingerprint density at radius 2 is 1.52 bits per heavy atom. The molecule has 0 saturated carbocycles. The monoisotopic (exact) mass is 433 g/mol. The van der Waals surface area contributed by atoms with Gasteiger partial charge in [0.2, 0.25) is 10.0 Å². The zero-order chi connectivity index (χ0) is 20.4. The number of halogens is 1. The molecule has 2 amide bonds. The normalized spacial score (nSPS) is 20.8. The number of hydrogen-bond acceptors (Lipinski definition) is 3. The van der Waals surface area contributed by atoms with Gasteiger partial charge in [-0.25, -0.2) is 13.2 Å². The molecule has 2 aromatic carbocycles. The maximum Gasteiger partial charge on any atom is 0.321 e. The summed E-state index contributed by atoms with van der Waals surface area (Å²) in [5, 5.41) is 0.479. The molecular weight excluding hydrogens is 410 g/mol. The third kappa shape index (κ3) is 3.99. The summed E-state index contributed by atoms with van der Waals surface area (Å²) in [4.78, 5) is 17.0. The van der Waals surface area contributed by atoms with Gasteiger partial charge in [-0.2, -0.15) is 4.31 Å². The average molecular weight is 434 g/mol. The SMILES string of the molecule is O=C(N1CCCCC1)N1CCN(S(=O)(=O)c2ccc(Cl)cc2)C1c1ccccc1. The summed E-state index contributed by atoms with van der Waals surface area (Å²) < 4.78 is 28.2.